The maximum absolute atomic E-state index is 5.42. The van der Waals surface area contributed by atoms with Crippen LogP contribution in [-0.2, 0) is 6.54 Å². The van der Waals surface area contributed by atoms with Gasteiger partial charge in [-0.15, -0.1) is 0 Å². The summed E-state index contributed by atoms with van der Waals surface area (Å²) in [6.45, 7) is 2.79. The van der Waals surface area contributed by atoms with Crippen LogP contribution in [0.25, 0.3) is 22.5 Å². The summed E-state index contributed by atoms with van der Waals surface area (Å²) >= 11 is 0. The lowest BCUT2D eigenvalue weighted by atomic mass is 10.1. The van der Waals surface area contributed by atoms with Gasteiger partial charge in [-0.05, 0) is 42.8 Å². The number of ether oxygens (including phenoxy) is 2. The molecular weight excluding hydrogens is 360 g/mol. The van der Waals surface area contributed by atoms with E-state index in [0.717, 1.165) is 34.0 Å². The van der Waals surface area contributed by atoms with Crippen molar-refractivity contribution in [2.75, 3.05) is 14.2 Å². The van der Waals surface area contributed by atoms with E-state index >= 15 is 0 Å². The van der Waals surface area contributed by atoms with Gasteiger partial charge in [-0.25, -0.2) is 0 Å². The molecule has 0 atom stereocenters. The van der Waals surface area contributed by atoms with Crippen molar-refractivity contribution in [1.29, 1.82) is 0 Å². The summed E-state index contributed by atoms with van der Waals surface area (Å²) in [6, 6.07) is 26.7. The van der Waals surface area contributed by atoms with Crippen LogP contribution in [-0.4, -0.2) is 24.0 Å². The van der Waals surface area contributed by atoms with Gasteiger partial charge in [-0.1, -0.05) is 54.1 Å². The average Bonchev–Trinajstić information content (AvgIpc) is 3.19. The minimum absolute atomic E-state index is 0.691. The quantitative estimate of drug-likeness (QED) is 0.435. The fraction of sp³-hybridized carbons (Fsp3) is 0.160. The lowest BCUT2D eigenvalue weighted by Gasteiger charge is -2.09. The Morgan fingerprint density at radius 1 is 0.759 bits per heavy atom. The van der Waals surface area contributed by atoms with Crippen LogP contribution < -0.4 is 9.47 Å². The molecule has 0 unspecified atom stereocenters. The number of methoxy groups -OCH3 is 2. The van der Waals surface area contributed by atoms with Gasteiger partial charge < -0.3 is 9.47 Å². The highest BCUT2D eigenvalue weighted by Gasteiger charge is 2.13. The highest BCUT2D eigenvalue weighted by Crippen LogP contribution is 2.30. The van der Waals surface area contributed by atoms with Gasteiger partial charge in [0.05, 0.1) is 32.2 Å². The summed E-state index contributed by atoms with van der Waals surface area (Å²) in [5.74, 6) is 1.65. The van der Waals surface area contributed by atoms with E-state index in [1.165, 1.54) is 11.1 Å². The zero-order valence-electron chi connectivity index (χ0n) is 16.9. The summed E-state index contributed by atoms with van der Waals surface area (Å²) in [4.78, 5) is 0. The van der Waals surface area contributed by atoms with E-state index in [1.807, 2.05) is 41.1 Å². The Morgan fingerprint density at radius 2 is 1.38 bits per heavy atom. The van der Waals surface area contributed by atoms with Crippen LogP contribution in [0.3, 0.4) is 0 Å². The fourth-order valence-corrected chi connectivity index (χ4v) is 3.34. The first-order valence-corrected chi connectivity index (χ1v) is 9.58. The molecule has 29 heavy (non-hydrogen) atoms. The number of benzene rings is 3. The third-order valence-electron chi connectivity index (χ3n) is 4.96. The molecule has 3 aromatic carbocycles. The number of nitrogens with zero attached hydrogens (tertiary/aromatic N) is 2. The molecular formula is C25H24N2O2. The summed E-state index contributed by atoms with van der Waals surface area (Å²) in [5.41, 5.74) is 6.50. The van der Waals surface area contributed by atoms with E-state index in [1.54, 1.807) is 14.2 Å². The van der Waals surface area contributed by atoms with Gasteiger partial charge in [-0.3, -0.25) is 4.68 Å². The zero-order valence-corrected chi connectivity index (χ0v) is 16.9. The molecule has 0 saturated carbocycles. The van der Waals surface area contributed by atoms with E-state index in [-0.39, 0.29) is 0 Å². The molecule has 1 heterocycles. The van der Waals surface area contributed by atoms with Crippen molar-refractivity contribution in [2.24, 2.45) is 0 Å². The molecule has 0 aliphatic rings. The maximum atomic E-state index is 5.42. The first kappa shape index (κ1) is 18.8. The molecule has 0 N–H and O–H groups in total. The van der Waals surface area contributed by atoms with E-state index in [2.05, 4.69) is 49.4 Å². The Labute approximate surface area is 171 Å². The van der Waals surface area contributed by atoms with E-state index in [4.69, 9.17) is 14.6 Å². The SMILES string of the molecule is COc1cccc(-c2cc(-c3cccc(OC)c3)n(Cc3ccc(C)cc3)n2)c1. The summed E-state index contributed by atoms with van der Waals surface area (Å²) in [7, 11) is 3.36. The highest BCUT2D eigenvalue weighted by molar-refractivity contribution is 5.70. The van der Waals surface area contributed by atoms with Crippen LogP contribution in [0.1, 0.15) is 11.1 Å². The Hall–Kier alpha value is -3.53. The monoisotopic (exact) mass is 384 g/mol. The Balaban J connectivity index is 1.80. The van der Waals surface area contributed by atoms with Gasteiger partial charge in [-0.2, -0.15) is 5.10 Å². The van der Waals surface area contributed by atoms with Crippen molar-refractivity contribution in [3.63, 3.8) is 0 Å². The van der Waals surface area contributed by atoms with Gasteiger partial charge >= 0.3 is 0 Å². The molecule has 0 fully saturated rings. The summed E-state index contributed by atoms with van der Waals surface area (Å²) < 4.78 is 12.9. The van der Waals surface area contributed by atoms with Crippen molar-refractivity contribution < 1.29 is 9.47 Å². The average molecular weight is 384 g/mol. The minimum Gasteiger partial charge on any atom is -0.497 e. The maximum Gasteiger partial charge on any atom is 0.119 e. The Morgan fingerprint density at radius 3 is 2.03 bits per heavy atom. The molecule has 0 radical (unpaired) electrons. The molecule has 4 aromatic rings. The van der Waals surface area contributed by atoms with Crippen molar-refractivity contribution in [1.82, 2.24) is 9.78 Å². The molecule has 0 aliphatic carbocycles. The Bertz CT molecular complexity index is 1110. The van der Waals surface area contributed by atoms with Crippen LogP contribution >= 0.6 is 0 Å². The number of hydrogen-bond donors (Lipinski definition) is 0. The van der Waals surface area contributed by atoms with Crippen molar-refractivity contribution in [3.8, 4) is 34.0 Å². The Kier molecular flexibility index (Phi) is 5.34. The van der Waals surface area contributed by atoms with Gasteiger partial charge in [0.1, 0.15) is 11.5 Å². The van der Waals surface area contributed by atoms with Crippen LogP contribution in [0.15, 0.2) is 78.9 Å². The van der Waals surface area contributed by atoms with Crippen LogP contribution in [0.4, 0.5) is 0 Å². The second-order valence-electron chi connectivity index (χ2n) is 7.02. The molecule has 0 bridgehead atoms. The zero-order chi connectivity index (χ0) is 20.2. The number of hydrogen-bond acceptors (Lipinski definition) is 3. The molecule has 1 aromatic heterocycles. The molecule has 4 heteroatoms. The third kappa shape index (κ3) is 4.16. The van der Waals surface area contributed by atoms with E-state index < -0.39 is 0 Å². The second-order valence-corrected chi connectivity index (χ2v) is 7.02. The highest BCUT2D eigenvalue weighted by atomic mass is 16.5. The van der Waals surface area contributed by atoms with Gasteiger partial charge in [0.15, 0.2) is 0 Å². The lowest BCUT2D eigenvalue weighted by Crippen LogP contribution is -2.04. The third-order valence-corrected chi connectivity index (χ3v) is 4.96. The predicted octanol–water partition coefficient (Wildman–Crippen LogP) is 5.59. The normalized spacial score (nSPS) is 10.7. The van der Waals surface area contributed by atoms with Crippen LogP contribution in [0, 0.1) is 6.92 Å². The van der Waals surface area contributed by atoms with E-state index in [0.29, 0.717) is 6.54 Å². The summed E-state index contributed by atoms with van der Waals surface area (Å²) in [6.07, 6.45) is 0. The number of rotatable bonds is 6. The molecule has 4 rings (SSSR count). The molecule has 0 spiro atoms. The van der Waals surface area contributed by atoms with Gasteiger partial charge in [0, 0.05) is 11.1 Å². The van der Waals surface area contributed by atoms with Gasteiger partial charge in [0.25, 0.3) is 0 Å². The fourth-order valence-electron chi connectivity index (χ4n) is 3.34. The first-order valence-electron chi connectivity index (χ1n) is 9.58. The molecule has 146 valence electrons. The lowest BCUT2D eigenvalue weighted by molar-refractivity contribution is 0.415. The number of aromatic nitrogens is 2. The largest absolute Gasteiger partial charge is 0.497 e. The predicted molar refractivity (Wildman–Crippen MR) is 116 cm³/mol. The van der Waals surface area contributed by atoms with E-state index in [9.17, 15) is 0 Å². The van der Waals surface area contributed by atoms with Gasteiger partial charge in [0.2, 0.25) is 0 Å². The summed E-state index contributed by atoms with van der Waals surface area (Å²) in [5, 5.41) is 4.93. The molecule has 4 nitrogen and oxygen atoms in total. The van der Waals surface area contributed by atoms with Crippen LogP contribution in [0.2, 0.25) is 0 Å². The van der Waals surface area contributed by atoms with Crippen molar-refractivity contribution >= 4 is 0 Å². The first-order chi connectivity index (χ1) is 14.2. The van der Waals surface area contributed by atoms with Crippen molar-refractivity contribution in [2.45, 2.75) is 13.5 Å². The smallest absolute Gasteiger partial charge is 0.119 e. The van der Waals surface area contributed by atoms with Crippen LogP contribution in [0.5, 0.6) is 11.5 Å². The standard InChI is InChI=1S/C25H24N2O2/c1-18-10-12-19(13-11-18)17-27-25(21-7-5-9-23(15-21)29-3)16-24(26-27)20-6-4-8-22(14-20)28-2/h4-16H,17H2,1-3H3. The van der Waals surface area contributed by atoms with Crippen molar-refractivity contribution in [3.05, 3.63) is 90.0 Å². The topological polar surface area (TPSA) is 36.3 Å². The molecule has 0 saturated heterocycles. The number of aryl methyl sites for hydroxylation is 1. The minimum atomic E-state index is 0.691. The second kappa shape index (κ2) is 8.23. The molecule has 0 aliphatic heterocycles. The molecule has 0 amide bonds.